The summed E-state index contributed by atoms with van der Waals surface area (Å²) < 4.78 is 0. The van der Waals surface area contributed by atoms with Crippen molar-refractivity contribution >= 4 is 34.6 Å². The maximum Gasteiger partial charge on any atom is 0.326 e. The van der Waals surface area contributed by atoms with Gasteiger partial charge in [-0.25, -0.2) is 4.79 Å². The minimum Gasteiger partial charge on any atom is -0.480 e. The normalized spacial score (nSPS) is 14.8. The Hall–Kier alpha value is -3.40. The number of fused-ring (bicyclic) bond motifs is 1. The number of carbonyl (C=O) groups is 4. The lowest BCUT2D eigenvalue weighted by atomic mass is 9.99. The van der Waals surface area contributed by atoms with Gasteiger partial charge in [-0.1, -0.05) is 52.3 Å². The highest BCUT2D eigenvalue weighted by Crippen LogP contribution is 2.19. The van der Waals surface area contributed by atoms with Crippen molar-refractivity contribution in [1.82, 2.24) is 20.9 Å². The highest BCUT2D eigenvalue weighted by Gasteiger charge is 2.29. The predicted octanol–water partition coefficient (Wildman–Crippen LogP) is 0.910. The van der Waals surface area contributed by atoms with Crippen molar-refractivity contribution in [1.29, 1.82) is 0 Å². The lowest BCUT2D eigenvalue weighted by Crippen LogP contribution is -2.56. The van der Waals surface area contributed by atoms with Crippen LogP contribution in [0.2, 0.25) is 0 Å². The summed E-state index contributed by atoms with van der Waals surface area (Å²) in [6.45, 7) is 6.89. The van der Waals surface area contributed by atoms with E-state index in [-0.39, 0.29) is 24.8 Å². The van der Waals surface area contributed by atoms with Gasteiger partial charge in [-0.2, -0.15) is 0 Å². The maximum atomic E-state index is 12.9. The number of carboxylic acids is 1. The zero-order valence-corrected chi connectivity index (χ0v) is 20.1. The largest absolute Gasteiger partial charge is 0.480 e. The Kier molecular flexibility index (Phi) is 9.61. The quantitative estimate of drug-likeness (QED) is 0.268. The number of aliphatic carboxylic acids is 1. The van der Waals surface area contributed by atoms with Crippen molar-refractivity contribution in [2.75, 3.05) is 6.54 Å². The third-order valence-corrected chi connectivity index (χ3v) is 5.96. The van der Waals surface area contributed by atoms with Crippen LogP contribution in [0.3, 0.4) is 0 Å². The van der Waals surface area contributed by atoms with Crippen LogP contribution in [0.15, 0.2) is 30.5 Å². The zero-order chi connectivity index (χ0) is 25.4. The molecule has 4 atom stereocenters. The average molecular weight is 474 g/mol. The SMILES string of the molecule is CCC(C)C(N)C(=O)NCC(=O)NC(C(=O)NC(Cc1c[nH]c2ccccc12)C(=O)O)C(C)C. The van der Waals surface area contributed by atoms with E-state index in [1.165, 1.54) is 0 Å². The summed E-state index contributed by atoms with van der Waals surface area (Å²) in [5.41, 5.74) is 7.49. The Morgan fingerprint density at radius 2 is 1.74 bits per heavy atom. The van der Waals surface area contributed by atoms with E-state index in [1.54, 1.807) is 20.0 Å². The number of aromatic nitrogens is 1. The lowest BCUT2D eigenvalue weighted by molar-refractivity contribution is -0.142. The number of nitrogens with two attached hydrogens (primary N) is 1. The molecular formula is C24H35N5O5. The topological polar surface area (TPSA) is 166 Å². The average Bonchev–Trinajstić information content (AvgIpc) is 3.21. The summed E-state index contributed by atoms with van der Waals surface area (Å²) in [6.07, 6.45) is 2.52. The van der Waals surface area contributed by atoms with Crippen molar-refractivity contribution in [2.45, 2.75) is 58.7 Å². The van der Waals surface area contributed by atoms with Crippen LogP contribution in [0.25, 0.3) is 10.9 Å². The molecule has 1 aromatic carbocycles. The molecule has 1 heterocycles. The van der Waals surface area contributed by atoms with Gasteiger partial charge >= 0.3 is 5.97 Å². The third kappa shape index (κ3) is 7.05. The highest BCUT2D eigenvalue weighted by atomic mass is 16.4. The molecule has 34 heavy (non-hydrogen) atoms. The van der Waals surface area contributed by atoms with Crippen molar-refractivity contribution < 1.29 is 24.3 Å². The van der Waals surface area contributed by atoms with Crippen LogP contribution in [0.1, 0.15) is 39.7 Å². The smallest absolute Gasteiger partial charge is 0.326 e. The second-order valence-corrected chi connectivity index (χ2v) is 8.88. The number of carbonyl (C=O) groups excluding carboxylic acids is 3. The van der Waals surface area contributed by atoms with Crippen molar-refractivity contribution in [3.8, 4) is 0 Å². The van der Waals surface area contributed by atoms with E-state index in [4.69, 9.17) is 5.73 Å². The Bertz CT molecular complexity index is 1020. The first-order valence-electron chi connectivity index (χ1n) is 11.5. The minimum atomic E-state index is -1.18. The van der Waals surface area contributed by atoms with E-state index >= 15 is 0 Å². The fraction of sp³-hybridized carbons (Fsp3) is 0.500. The Morgan fingerprint density at radius 1 is 1.06 bits per heavy atom. The van der Waals surface area contributed by atoms with Crippen molar-refractivity contribution in [2.24, 2.45) is 17.6 Å². The van der Waals surface area contributed by atoms with Gasteiger partial charge in [0.05, 0.1) is 12.6 Å². The number of carboxylic acid groups (broad SMARTS) is 1. The van der Waals surface area contributed by atoms with Gasteiger partial charge < -0.3 is 31.8 Å². The molecule has 7 N–H and O–H groups in total. The van der Waals surface area contributed by atoms with Crippen molar-refractivity contribution in [3.05, 3.63) is 36.0 Å². The standard InChI is InChI=1S/C24H35N5O5/c1-5-14(4)20(25)22(31)27-12-19(30)29-21(13(2)3)23(32)28-18(24(33)34)10-15-11-26-17-9-7-6-8-16(15)17/h6-9,11,13-14,18,20-21,26H,5,10,12,25H2,1-4H3,(H,27,31)(H,28,32)(H,29,30)(H,33,34). The number of rotatable bonds is 12. The molecule has 0 aliphatic rings. The molecule has 186 valence electrons. The number of benzene rings is 1. The molecule has 10 nitrogen and oxygen atoms in total. The fourth-order valence-electron chi connectivity index (χ4n) is 3.54. The van der Waals surface area contributed by atoms with E-state index < -0.39 is 41.8 Å². The molecule has 2 rings (SSSR count). The van der Waals surface area contributed by atoms with Crippen LogP contribution in [-0.4, -0.2) is 58.5 Å². The lowest BCUT2D eigenvalue weighted by Gasteiger charge is -2.24. The van der Waals surface area contributed by atoms with E-state index in [9.17, 15) is 24.3 Å². The van der Waals surface area contributed by atoms with Gasteiger partial charge in [0.1, 0.15) is 12.1 Å². The second-order valence-electron chi connectivity index (χ2n) is 8.88. The first kappa shape index (κ1) is 26.8. The Balaban J connectivity index is 2.01. The molecule has 10 heteroatoms. The van der Waals surface area contributed by atoms with Gasteiger partial charge in [0, 0.05) is 23.5 Å². The highest BCUT2D eigenvalue weighted by molar-refractivity contribution is 5.93. The zero-order valence-electron chi connectivity index (χ0n) is 20.1. The van der Waals surface area contributed by atoms with Crippen LogP contribution < -0.4 is 21.7 Å². The van der Waals surface area contributed by atoms with Crippen LogP contribution in [-0.2, 0) is 25.6 Å². The number of para-hydroxylation sites is 1. The Morgan fingerprint density at radius 3 is 2.35 bits per heavy atom. The number of hydrogen-bond acceptors (Lipinski definition) is 5. The monoisotopic (exact) mass is 473 g/mol. The molecule has 1 aromatic heterocycles. The third-order valence-electron chi connectivity index (χ3n) is 5.96. The van der Waals surface area contributed by atoms with Crippen LogP contribution in [0.5, 0.6) is 0 Å². The fourth-order valence-corrected chi connectivity index (χ4v) is 3.54. The van der Waals surface area contributed by atoms with E-state index in [2.05, 4.69) is 20.9 Å². The number of aromatic amines is 1. The Labute approximate surface area is 199 Å². The van der Waals surface area contributed by atoms with Gasteiger partial charge in [0.15, 0.2) is 0 Å². The molecular weight excluding hydrogens is 438 g/mol. The molecule has 4 unspecified atom stereocenters. The summed E-state index contributed by atoms with van der Waals surface area (Å²) >= 11 is 0. The molecule has 0 fully saturated rings. The van der Waals surface area contributed by atoms with Gasteiger partial charge in [0.2, 0.25) is 17.7 Å². The van der Waals surface area contributed by atoms with Gasteiger partial charge in [-0.05, 0) is 23.5 Å². The summed E-state index contributed by atoms with van der Waals surface area (Å²) in [5.74, 6) is -3.16. The molecule has 0 bridgehead atoms. The van der Waals surface area contributed by atoms with E-state index in [1.807, 2.05) is 38.1 Å². The molecule has 0 aliphatic carbocycles. The summed E-state index contributed by atoms with van der Waals surface area (Å²) in [5, 5.41) is 18.2. The predicted molar refractivity (Wildman–Crippen MR) is 129 cm³/mol. The maximum absolute atomic E-state index is 12.9. The molecule has 0 saturated heterocycles. The van der Waals surface area contributed by atoms with Crippen LogP contribution in [0.4, 0.5) is 0 Å². The molecule has 0 saturated carbocycles. The molecule has 0 radical (unpaired) electrons. The second kappa shape index (κ2) is 12.2. The summed E-state index contributed by atoms with van der Waals surface area (Å²) in [7, 11) is 0. The minimum absolute atomic E-state index is 0.0395. The summed E-state index contributed by atoms with van der Waals surface area (Å²) in [4.78, 5) is 52.3. The molecule has 0 aliphatic heterocycles. The first-order valence-corrected chi connectivity index (χ1v) is 11.5. The number of amides is 3. The van der Waals surface area contributed by atoms with E-state index in [0.29, 0.717) is 0 Å². The molecule has 3 amide bonds. The molecule has 2 aromatic rings. The molecule has 0 spiro atoms. The van der Waals surface area contributed by atoms with Crippen molar-refractivity contribution in [3.63, 3.8) is 0 Å². The van der Waals surface area contributed by atoms with Gasteiger partial charge in [0.25, 0.3) is 0 Å². The number of hydrogen-bond donors (Lipinski definition) is 6. The van der Waals surface area contributed by atoms with Crippen LogP contribution in [0, 0.1) is 11.8 Å². The number of nitrogens with one attached hydrogen (secondary N) is 4. The van der Waals surface area contributed by atoms with E-state index in [0.717, 1.165) is 22.9 Å². The van der Waals surface area contributed by atoms with Gasteiger partial charge in [-0.3, -0.25) is 14.4 Å². The summed E-state index contributed by atoms with van der Waals surface area (Å²) in [6, 6.07) is 4.59. The number of H-pyrrole nitrogens is 1. The van der Waals surface area contributed by atoms with Gasteiger partial charge in [-0.15, -0.1) is 0 Å². The van der Waals surface area contributed by atoms with Crippen LogP contribution >= 0.6 is 0 Å². The first-order chi connectivity index (χ1) is 16.0.